The zero-order chi connectivity index (χ0) is 39.5. The molecule has 6 nitrogen and oxygen atoms in total. The van der Waals surface area contributed by atoms with Crippen LogP contribution in [0.4, 0.5) is 0 Å². The largest absolute Gasteiger partial charge is 2.00 e. The van der Waals surface area contributed by atoms with Crippen LogP contribution >= 0.6 is 0 Å². The number of para-hydroxylation sites is 4. The molecule has 0 fully saturated rings. The van der Waals surface area contributed by atoms with Gasteiger partial charge in [0.1, 0.15) is 0 Å². The first-order valence-electron chi connectivity index (χ1n) is 19.9. The van der Waals surface area contributed by atoms with Crippen LogP contribution in [0.2, 0.25) is 0 Å². The average Bonchev–Trinajstić information content (AvgIpc) is 3.84. The van der Waals surface area contributed by atoms with Crippen LogP contribution in [-0.4, -0.2) is 23.8 Å². The summed E-state index contributed by atoms with van der Waals surface area (Å²) >= 11 is 0. The molecule has 12 rings (SSSR count). The van der Waals surface area contributed by atoms with Gasteiger partial charge in [0.25, 0.3) is 0 Å². The van der Waals surface area contributed by atoms with Gasteiger partial charge in [0.05, 0.1) is 38.9 Å². The predicted molar refractivity (Wildman–Crippen MR) is 241 cm³/mol. The zero-order valence-electron chi connectivity index (χ0n) is 33.2. The van der Waals surface area contributed by atoms with Crippen molar-refractivity contribution in [3.63, 3.8) is 0 Å². The number of hydrogen-bond acceptors (Lipinski definition) is 4. The van der Waals surface area contributed by atoms with Crippen molar-refractivity contribution in [1.82, 2.24) is 23.8 Å². The molecule has 0 aliphatic rings. The molecule has 60 heavy (non-hydrogen) atoms. The maximum atomic E-state index is 6.74. The summed E-state index contributed by atoms with van der Waals surface area (Å²) in [5.74, 6) is 1.16. The van der Waals surface area contributed by atoms with Crippen LogP contribution in [0.5, 0.6) is 11.5 Å². The smallest absolute Gasteiger partial charge is 0.497 e. The van der Waals surface area contributed by atoms with Crippen LogP contribution in [0, 0.1) is 39.8 Å². The van der Waals surface area contributed by atoms with E-state index in [9.17, 15) is 0 Å². The average molecular weight is 864 g/mol. The number of hydrogen-bond donors (Lipinski definition) is 0. The maximum absolute atomic E-state index is 6.74. The second kappa shape index (κ2) is 13.6. The molecule has 0 bridgehead atoms. The molecule has 12 aromatic rings. The molecule has 0 unspecified atom stereocenters. The first-order valence-corrected chi connectivity index (χ1v) is 19.9. The minimum absolute atomic E-state index is 0. The standard InChI is InChI=1S/C53H35N5O.Pd/c1-30-11-9-12-31(2)48(30)39-23-24-46-50(51(39)49-32(3)13-10-14-33(49)4)38-22-20-35(28-41(38)53-56-42-15-5-7-17-44(42)57(46)53)59-34-19-21-36-37-25-26-54-29-47(37)58-45-18-8-6-16-43(45)55-52(58)40(36)27-34;/h5-26,29H,1-4H3;/q-2;+2. The van der Waals surface area contributed by atoms with Gasteiger partial charge in [-0.05, 0) is 119 Å². The molecule has 0 saturated heterocycles. The normalized spacial score (nSPS) is 11.9. The van der Waals surface area contributed by atoms with Gasteiger partial charge < -0.3 is 13.5 Å². The van der Waals surface area contributed by atoms with Crippen molar-refractivity contribution in [1.29, 1.82) is 0 Å². The van der Waals surface area contributed by atoms with E-state index in [2.05, 4.69) is 145 Å². The molecule has 0 spiro atoms. The SMILES string of the molecule is Cc1cccc(C)c1-c1ccc2c(c1-c1c(C)cccc1C)c1ccc(Oc3[c-]c4c(cc3)c3ccncc3n3c5ccccc5nc43)[c-]c1c1nc3ccccc3n21.[Pd+2]. The van der Waals surface area contributed by atoms with Crippen molar-refractivity contribution in [3.8, 4) is 33.8 Å². The van der Waals surface area contributed by atoms with E-state index in [1.807, 2.05) is 48.8 Å². The van der Waals surface area contributed by atoms with Gasteiger partial charge in [-0.25, -0.2) is 0 Å². The molecule has 0 atom stereocenters. The van der Waals surface area contributed by atoms with Crippen LogP contribution < -0.4 is 4.74 Å². The van der Waals surface area contributed by atoms with Crippen molar-refractivity contribution in [2.75, 3.05) is 0 Å². The van der Waals surface area contributed by atoms with Crippen molar-refractivity contribution >= 4 is 76.7 Å². The summed E-state index contributed by atoms with van der Waals surface area (Å²) in [4.78, 5) is 14.8. The Labute approximate surface area is 359 Å². The summed E-state index contributed by atoms with van der Waals surface area (Å²) in [7, 11) is 0. The number of benzene rings is 7. The third kappa shape index (κ3) is 5.20. The molecule has 7 aromatic carbocycles. The van der Waals surface area contributed by atoms with Gasteiger partial charge >= 0.3 is 20.4 Å². The number of ether oxygens (including phenoxy) is 1. The predicted octanol–water partition coefficient (Wildman–Crippen LogP) is 13.3. The number of aryl methyl sites for hydroxylation is 4. The first-order chi connectivity index (χ1) is 28.9. The second-order valence-electron chi connectivity index (χ2n) is 15.7. The molecule has 288 valence electrons. The summed E-state index contributed by atoms with van der Waals surface area (Å²) in [6, 6.07) is 52.1. The van der Waals surface area contributed by atoms with E-state index in [1.165, 1.54) is 44.5 Å². The minimum atomic E-state index is 0. The first kappa shape index (κ1) is 36.2. The number of rotatable bonds is 4. The molecule has 5 aromatic heterocycles. The van der Waals surface area contributed by atoms with Gasteiger partial charge in [0.15, 0.2) is 0 Å². The van der Waals surface area contributed by atoms with Gasteiger partial charge in [-0.3, -0.25) is 15.0 Å². The Morgan fingerprint density at radius 3 is 1.65 bits per heavy atom. The van der Waals surface area contributed by atoms with Crippen molar-refractivity contribution in [2.24, 2.45) is 0 Å². The summed E-state index contributed by atoms with van der Waals surface area (Å²) < 4.78 is 11.2. The van der Waals surface area contributed by atoms with E-state index in [4.69, 9.17) is 14.7 Å². The van der Waals surface area contributed by atoms with E-state index < -0.39 is 0 Å². The third-order valence-corrected chi connectivity index (χ3v) is 12.1. The molecule has 5 heterocycles. The van der Waals surface area contributed by atoms with E-state index in [0.717, 1.165) is 76.7 Å². The fourth-order valence-corrected chi connectivity index (χ4v) is 9.61. The number of aromatic nitrogens is 5. The topological polar surface area (TPSA) is 56.7 Å². The van der Waals surface area contributed by atoms with Crippen LogP contribution in [0.25, 0.3) is 99.0 Å². The summed E-state index contributed by atoms with van der Waals surface area (Å²) in [5.41, 5.74) is 17.5. The van der Waals surface area contributed by atoms with Gasteiger partial charge in [-0.2, -0.15) is 0 Å². The third-order valence-electron chi connectivity index (χ3n) is 12.1. The Hall–Kier alpha value is -6.91. The van der Waals surface area contributed by atoms with Gasteiger partial charge in [-0.1, -0.05) is 113 Å². The minimum Gasteiger partial charge on any atom is -0.497 e. The Morgan fingerprint density at radius 1 is 0.467 bits per heavy atom. The summed E-state index contributed by atoms with van der Waals surface area (Å²) in [6.07, 6.45) is 3.74. The molecule has 0 aliphatic heterocycles. The fourth-order valence-electron chi connectivity index (χ4n) is 9.61. The van der Waals surface area contributed by atoms with Crippen LogP contribution in [0.3, 0.4) is 0 Å². The Kier molecular flexibility index (Phi) is 8.19. The quantitative estimate of drug-likeness (QED) is 0.100. The van der Waals surface area contributed by atoms with Gasteiger partial charge in [-0.15, -0.1) is 12.1 Å². The van der Waals surface area contributed by atoms with Crippen molar-refractivity contribution in [3.05, 3.63) is 174 Å². The van der Waals surface area contributed by atoms with E-state index in [1.54, 1.807) is 0 Å². The van der Waals surface area contributed by atoms with E-state index in [-0.39, 0.29) is 20.4 Å². The van der Waals surface area contributed by atoms with Gasteiger partial charge in [0.2, 0.25) is 0 Å². The number of nitrogens with zero attached hydrogens (tertiary/aromatic N) is 5. The van der Waals surface area contributed by atoms with Crippen molar-refractivity contribution in [2.45, 2.75) is 27.7 Å². The fraction of sp³-hybridized carbons (Fsp3) is 0.0755. The molecule has 7 heteroatoms. The van der Waals surface area contributed by atoms with Crippen LogP contribution in [0.1, 0.15) is 22.3 Å². The van der Waals surface area contributed by atoms with Crippen LogP contribution in [-0.2, 0) is 20.4 Å². The zero-order valence-corrected chi connectivity index (χ0v) is 34.8. The molecule has 0 N–H and O–H groups in total. The molecule has 0 amide bonds. The van der Waals surface area contributed by atoms with Crippen molar-refractivity contribution < 1.29 is 25.2 Å². The molecular weight excluding hydrogens is 829 g/mol. The molecule has 0 aliphatic carbocycles. The van der Waals surface area contributed by atoms with Gasteiger partial charge in [0, 0.05) is 29.4 Å². The van der Waals surface area contributed by atoms with E-state index >= 15 is 0 Å². The number of imidazole rings is 2. The Balaban J connectivity index is 0.00000408. The monoisotopic (exact) mass is 863 g/mol. The van der Waals surface area contributed by atoms with E-state index in [0.29, 0.717) is 11.5 Å². The Morgan fingerprint density at radius 2 is 1.02 bits per heavy atom. The summed E-state index contributed by atoms with van der Waals surface area (Å²) in [6.45, 7) is 8.88. The molecule has 0 radical (unpaired) electrons. The second-order valence-corrected chi connectivity index (χ2v) is 15.7. The maximum Gasteiger partial charge on any atom is 2.00 e. The van der Waals surface area contributed by atoms with Crippen LogP contribution in [0.15, 0.2) is 140 Å². The number of pyridine rings is 3. The Bertz CT molecular complexity index is 3730. The number of fused-ring (bicyclic) bond motifs is 16. The molecular formula is C53H35N5OPd. The molecule has 0 saturated carbocycles. The summed E-state index contributed by atoms with van der Waals surface area (Å²) in [5, 5.41) is 6.10.